The highest BCUT2D eigenvalue weighted by molar-refractivity contribution is 6.68. The standard InChI is InChI=1S/C9H6Cl2FNO3/c1-16-7-3-2-5(4-6(7)10)13(8(11)14)9(12)15/h2-4H,1H3. The quantitative estimate of drug-likeness (QED) is 0.606. The van der Waals surface area contributed by atoms with Crippen LogP contribution in [0.2, 0.25) is 5.02 Å². The van der Waals surface area contributed by atoms with Gasteiger partial charge >= 0.3 is 11.5 Å². The van der Waals surface area contributed by atoms with Crippen molar-refractivity contribution in [2.75, 3.05) is 12.0 Å². The van der Waals surface area contributed by atoms with Gasteiger partial charge < -0.3 is 4.74 Å². The molecular weight excluding hydrogens is 260 g/mol. The fourth-order valence-electron chi connectivity index (χ4n) is 1.07. The first-order valence-corrected chi connectivity index (χ1v) is 4.75. The molecule has 0 aromatic heterocycles. The van der Waals surface area contributed by atoms with Gasteiger partial charge in [0.25, 0.3) is 0 Å². The smallest absolute Gasteiger partial charge is 0.412 e. The molecular formula is C9H6Cl2FNO3. The number of halogens is 3. The number of amides is 2. The Morgan fingerprint density at radius 2 is 2.06 bits per heavy atom. The number of nitrogens with zero attached hydrogens (tertiary/aromatic N) is 1. The first-order valence-electron chi connectivity index (χ1n) is 4.00. The van der Waals surface area contributed by atoms with Crippen molar-refractivity contribution in [1.29, 1.82) is 0 Å². The van der Waals surface area contributed by atoms with Gasteiger partial charge in [-0.3, -0.25) is 4.79 Å². The molecule has 0 radical (unpaired) electrons. The molecule has 0 saturated heterocycles. The number of carbonyl (C=O) groups excluding carboxylic acids is 2. The van der Waals surface area contributed by atoms with Crippen molar-refractivity contribution in [1.82, 2.24) is 0 Å². The van der Waals surface area contributed by atoms with E-state index in [4.69, 9.17) is 27.9 Å². The Morgan fingerprint density at radius 3 is 2.44 bits per heavy atom. The largest absolute Gasteiger partial charge is 0.495 e. The van der Waals surface area contributed by atoms with Gasteiger partial charge in [-0.05, 0) is 29.8 Å². The average Bonchev–Trinajstić information content (AvgIpc) is 2.16. The molecule has 0 saturated carbocycles. The van der Waals surface area contributed by atoms with Gasteiger partial charge in [0.05, 0.1) is 17.8 Å². The number of hydrogen-bond donors (Lipinski definition) is 0. The van der Waals surface area contributed by atoms with Crippen LogP contribution in [-0.2, 0) is 0 Å². The lowest BCUT2D eigenvalue weighted by molar-refractivity contribution is 0.226. The summed E-state index contributed by atoms with van der Waals surface area (Å²) < 4.78 is 17.4. The van der Waals surface area contributed by atoms with Crippen molar-refractivity contribution < 1.29 is 18.7 Å². The Bertz CT molecular complexity index is 425. The second-order valence-electron chi connectivity index (χ2n) is 2.66. The van der Waals surface area contributed by atoms with E-state index >= 15 is 0 Å². The normalized spacial score (nSPS) is 9.75. The van der Waals surface area contributed by atoms with Crippen LogP contribution >= 0.6 is 23.2 Å². The molecule has 0 unspecified atom stereocenters. The molecule has 0 aliphatic rings. The molecule has 86 valence electrons. The molecule has 0 aliphatic heterocycles. The predicted molar refractivity (Wildman–Crippen MR) is 58.2 cm³/mol. The highest BCUT2D eigenvalue weighted by Gasteiger charge is 2.22. The molecule has 1 aromatic rings. The van der Waals surface area contributed by atoms with E-state index in [-0.39, 0.29) is 15.6 Å². The molecule has 0 aliphatic carbocycles. The van der Waals surface area contributed by atoms with Gasteiger partial charge in [0.15, 0.2) is 0 Å². The zero-order valence-electron chi connectivity index (χ0n) is 8.04. The van der Waals surface area contributed by atoms with Crippen LogP contribution in [0.4, 0.5) is 19.7 Å². The van der Waals surface area contributed by atoms with Gasteiger partial charge in [0.2, 0.25) is 0 Å². The molecule has 1 aromatic carbocycles. The highest BCUT2D eigenvalue weighted by Crippen LogP contribution is 2.30. The Kier molecular flexibility index (Phi) is 4.09. The Morgan fingerprint density at radius 1 is 1.44 bits per heavy atom. The van der Waals surface area contributed by atoms with Crippen molar-refractivity contribution >= 4 is 40.4 Å². The van der Waals surface area contributed by atoms with E-state index in [0.717, 1.165) is 0 Å². The summed E-state index contributed by atoms with van der Waals surface area (Å²) in [5.41, 5.74) is -0.0710. The van der Waals surface area contributed by atoms with Crippen LogP contribution in [-0.4, -0.2) is 18.6 Å². The van der Waals surface area contributed by atoms with Crippen molar-refractivity contribution in [3.8, 4) is 5.75 Å². The molecule has 4 nitrogen and oxygen atoms in total. The third-order valence-corrected chi connectivity index (χ3v) is 2.21. The minimum Gasteiger partial charge on any atom is -0.495 e. The van der Waals surface area contributed by atoms with E-state index in [2.05, 4.69) is 0 Å². The topological polar surface area (TPSA) is 46.6 Å². The zero-order valence-corrected chi connectivity index (χ0v) is 9.55. The number of hydrogen-bond acceptors (Lipinski definition) is 3. The number of rotatable bonds is 2. The third kappa shape index (κ3) is 2.62. The molecule has 0 fully saturated rings. The minimum absolute atomic E-state index is 0.0710. The van der Waals surface area contributed by atoms with Gasteiger partial charge in [0, 0.05) is 0 Å². The fraction of sp³-hybridized carbons (Fsp3) is 0.111. The van der Waals surface area contributed by atoms with Gasteiger partial charge in [-0.2, -0.15) is 0 Å². The van der Waals surface area contributed by atoms with Crippen LogP contribution < -0.4 is 9.64 Å². The summed E-state index contributed by atoms with van der Waals surface area (Å²) in [7, 11) is 1.39. The van der Waals surface area contributed by atoms with Crippen molar-refractivity contribution in [3.05, 3.63) is 23.2 Å². The van der Waals surface area contributed by atoms with Crippen LogP contribution in [0.15, 0.2) is 18.2 Å². The summed E-state index contributed by atoms with van der Waals surface area (Å²) in [6.45, 7) is 0. The second kappa shape index (κ2) is 5.14. The number of imide groups is 1. The maximum Gasteiger partial charge on any atom is 0.412 e. The van der Waals surface area contributed by atoms with Crippen molar-refractivity contribution in [2.45, 2.75) is 0 Å². The zero-order chi connectivity index (χ0) is 12.3. The second-order valence-corrected chi connectivity index (χ2v) is 3.39. The van der Waals surface area contributed by atoms with Crippen LogP contribution in [0.1, 0.15) is 0 Å². The van der Waals surface area contributed by atoms with E-state index in [1.807, 2.05) is 0 Å². The fourth-order valence-corrected chi connectivity index (χ4v) is 1.48. The summed E-state index contributed by atoms with van der Waals surface area (Å²) in [6.07, 6.45) is -1.98. The SMILES string of the molecule is COc1ccc(N(C(=O)F)C(=O)Cl)cc1Cl. The van der Waals surface area contributed by atoms with Crippen LogP contribution in [0.3, 0.4) is 0 Å². The van der Waals surface area contributed by atoms with Crippen molar-refractivity contribution in [3.63, 3.8) is 0 Å². The van der Waals surface area contributed by atoms with Crippen LogP contribution in [0.25, 0.3) is 0 Å². The van der Waals surface area contributed by atoms with Gasteiger partial charge in [-0.15, -0.1) is 4.39 Å². The van der Waals surface area contributed by atoms with E-state index in [1.54, 1.807) is 0 Å². The third-order valence-electron chi connectivity index (χ3n) is 1.75. The van der Waals surface area contributed by atoms with Gasteiger partial charge in [0.1, 0.15) is 5.75 Å². The predicted octanol–water partition coefficient (Wildman–Crippen LogP) is 3.60. The molecule has 0 bridgehead atoms. The number of carbonyl (C=O) groups is 2. The first-order chi connectivity index (χ1) is 7.47. The molecule has 2 amide bonds. The molecule has 1 rings (SSSR count). The average molecular weight is 266 g/mol. The summed E-state index contributed by atoms with van der Waals surface area (Å²) in [5.74, 6) is 0.332. The van der Waals surface area contributed by atoms with E-state index in [9.17, 15) is 14.0 Å². The summed E-state index contributed by atoms with van der Waals surface area (Å²) in [5, 5.41) is -1.13. The summed E-state index contributed by atoms with van der Waals surface area (Å²) in [4.78, 5) is 21.5. The monoisotopic (exact) mass is 265 g/mol. The summed E-state index contributed by atoms with van der Waals surface area (Å²) >= 11 is 10.8. The lowest BCUT2D eigenvalue weighted by Crippen LogP contribution is -2.28. The molecule has 7 heteroatoms. The van der Waals surface area contributed by atoms with E-state index in [1.165, 1.54) is 25.3 Å². The number of anilines is 1. The Balaban J connectivity index is 3.17. The lowest BCUT2D eigenvalue weighted by Gasteiger charge is -2.14. The van der Waals surface area contributed by atoms with Gasteiger partial charge in [-0.1, -0.05) is 11.6 Å². The van der Waals surface area contributed by atoms with Crippen LogP contribution in [0, 0.1) is 0 Å². The van der Waals surface area contributed by atoms with E-state index < -0.39 is 11.5 Å². The molecule has 0 atom stereocenters. The number of methoxy groups -OCH3 is 1. The first kappa shape index (κ1) is 12.7. The molecule has 0 heterocycles. The lowest BCUT2D eigenvalue weighted by atomic mass is 10.3. The number of ether oxygens (including phenoxy) is 1. The van der Waals surface area contributed by atoms with Crippen LogP contribution in [0.5, 0.6) is 5.75 Å². The Hall–Kier alpha value is -1.33. The maximum absolute atomic E-state index is 12.5. The van der Waals surface area contributed by atoms with E-state index in [0.29, 0.717) is 5.75 Å². The summed E-state index contributed by atoms with van der Waals surface area (Å²) in [6, 6.07) is 3.86. The Labute approximate surface area is 100 Å². The number of benzene rings is 1. The minimum atomic E-state index is -1.98. The van der Waals surface area contributed by atoms with Gasteiger partial charge in [-0.25, -0.2) is 9.69 Å². The van der Waals surface area contributed by atoms with Crippen molar-refractivity contribution in [2.24, 2.45) is 0 Å². The highest BCUT2D eigenvalue weighted by atomic mass is 35.5. The molecule has 0 spiro atoms. The maximum atomic E-state index is 12.5. The molecule has 16 heavy (non-hydrogen) atoms. The molecule has 0 N–H and O–H groups in total.